The Bertz CT molecular complexity index is 3430. The lowest BCUT2D eigenvalue weighted by Crippen LogP contribution is -2.67. The third kappa shape index (κ3) is 20.0. The number of carbonyl (C=O) groups is 5. The quantitative estimate of drug-likeness (QED) is 0.0160. The molecule has 7 aromatic rings. The minimum Gasteiger partial charge on any atom is -0.405 e. The van der Waals surface area contributed by atoms with Crippen LogP contribution in [0.1, 0.15) is 155 Å². The molecule has 486 valence electrons. The summed E-state index contributed by atoms with van der Waals surface area (Å²) >= 11 is 0. The first-order valence-corrected chi connectivity index (χ1v) is 34.5. The smallest absolute Gasteiger partial charge is 0.351 e. The van der Waals surface area contributed by atoms with E-state index in [0.717, 1.165) is 27.6 Å². The second-order valence-electron chi connectivity index (χ2n) is 25.4. The van der Waals surface area contributed by atoms with Crippen LogP contribution in [0.15, 0.2) is 169 Å². The van der Waals surface area contributed by atoms with Crippen molar-refractivity contribution in [3.8, 4) is 0 Å². The summed E-state index contributed by atoms with van der Waals surface area (Å²) < 4.78 is 15.0. The Morgan fingerprint density at radius 2 is 1.29 bits per heavy atom. The van der Waals surface area contributed by atoms with Gasteiger partial charge >= 0.3 is 5.69 Å². The maximum Gasteiger partial charge on any atom is 0.351 e. The van der Waals surface area contributed by atoms with E-state index in [-0.39, 0.29) is 72.3 Å². The number of para-hydroxylation sites is 1. The molecule has 7 N–H and O–H groups in total. The van der Waals surface area contributed by atoms with Gasteiger partial charge in [-0.2, -0.15) is 4.98 Å². The second-order valence-corrected chi connectivity index (χ2v) is 29.7. The van der Waals surface area contributed by atoms with E-state index in [1.54, 1.807) is 12.3 Å². The third-order valence-electron chi connectivity index (χ3n) is 16.7. The first kappa shape index (κ1) is 70.4. The van der Waals surface area contributed by atoms with Crippen molar-refractivity contribution in [3.05, 3.63) is 191 Å². The number of aliphatic hydroxyl groups excluding tert-OH is 1. The minimum atomic E-state index is -2.78. The molecule has 18 heteroatoms. The number of rotatable bonds is 31. The van der Waals surface area contributed by atoms with Crippen LogP contribution in [0.4, 0.5) is 5.82 Å². The molecule has 0 radical (unpaired) electrons. The van der Waals surface area contributed by atoms with Crippen molar-refractivity contribution >= 4 is 64.9 Å². The van der Waals surface area contributed by atoms with Crippen LogP contribution in [0, 0.1) is 11.8 Å². The zero-order valence-electron chi connectivity index (χ0n) is 54.6. The van der Waals surface area contributed by atoms with Gasteiger partial charge in [0.15, 0.2) is 0 Å². The number of aromatic amines is 1. The minimum absolute atomic E-state index is 0.0418. The number of aromatic nitrogens is 3. The molecule has 91 heavy (non-hydrogen) atoms. The molecule has 0 saturated carbocycles. The number of H-pyrrole nitrogens is 1. The number of hydrogen-bond acceptors (Lipinski definition) is 10. The van der Waals surface area contributed by atoms with Gasteiger partial charge in [-0.05, 0) is 94.6 Å². The molecule has 2 aromatic heterocycles. The van der Waals surface area contributed by atoms with Gasteiger partial charge in [0.05, 0.1) is 37.3 Å². The normalized spacial score (nSPS) is 15.8. The number of unbranched alkanes of at least 4 members (excludes halogenated alkanes) is 3. The molecule has 17 nitrogen and oxygen atoms in total. The maximum atomic E-state index is 14.4. The van der Waals surface area contributed by atoms with E-state index in [9.17, 15) is 33.9 Å². The predicted molar refractivity (Wildman–Crippen MR) is 363 cm³/mol. The molecule has 0 spiro atoms. The number of benzene rings is 5. The second kappa shape index (κ2) is 34.4. The number of carbonyl (C=O) groups excluding carboxylic acids is 5. The van der Waals surface area contributed by atoms with Gasteiger partial charge in [0.2, 0.25) is 29.5 Å². The first-order valence-electron chi connectivity index (χ1n) is 32.6. The molecule has 0 aliphatic carbocycles. The Hall–Kier alpha value is -8.03. The number of nitrogens with zero attached hydrogens (tertiary/aromatic N) is 2. The molecule has 3 heterocycles. The summed E-state index contributed by atoms with van der Waals surface area (Å²) in [5.74, 6) is -2.25. The highest BCUT2D eigenvalue weighted by atomic mass is 28.4. The lowest BCUT2D eigenvalue weighted by Gasteiger charge is -2.43. The molecule has 1 aliphatic heterocycles. The van der Waals surface area contributed by atoms with Crippen molar-refractivity contribution in [1.29, 1.82) is 0 Å². The summed E-state index contributed by atoms with van der Waals surface area (Å²) in [7, 11) is -2.78. The molecule has 5 amide bonds. The largest absolute Gasteiger partial charge is 0.405 e. The van der Waals surface area contributed by atoms with Crippen molar-refractivity contribution in [2.45, 2.75) is 187 Å². The lowest BCUT2D eigenvalue weighted by atomic mass is 9.94. The number of nitrogens with one attached hydrogen (secondary N) is 6. The van der Waals surface area contributed by atoms with E-state index in [1.165, 1.54) is 14.9 Å². The molecular formula is C73H96N8O9Si. The van der Waals surface area contributed by atoms with Crippen molar-refractivity contribution in [1.82, 2.24) is 35.8 Å². The number of aliphatic hydroxyl groups is 1. The Morgan fingerprint density at radius 3 is 1.89 bits per heavy atom. The van der Waals surface area contributed by atoms with Crippen LogP contribution >= 0.6 is 0 Å². The van der Waals surface area contributed by atoms with Crippen LogP contribution in [0.2, 0.25) is 5.04 Å². The van der Waals surface area contributed by atoms with Gasteiger partial charge in [0.25, 0.3) is 8.32 Å². The van der Waals surface area contributed by atoms with E-state index in [0.29, 0.717) is 58.0 Å². The number of hydrogen-bond donors (Lipinski definition) is 7. The number of fused-ring (bicyclic) bond motifs is 1. The van der Waals surface area contributed by atoms with Crippen molar-refractivity contribution in [2.75, 3.05) is 11.9 Å². The van der Waals surface area contributed by atoms with E-state index in [1.807, 2.05) is 145 Å². The molecule has 1 saturated heterocycles. The van der Waals surface area contributed by atoms with Gasteiger partial charge in [-0.25, -0.2) is 4.79 Å². The van der Waals surface area contributed by atoms with E-state index >= 15 is 0 Å². The average molecular weight is 1260 g/mol. The fourth-order valence-electron chi connectivity index (χ4n) is 12.1. The summed E-state index contributed by atoms with van der Waals surface area (Å²) in [6.07, 6.45) is 6.17. The fraction of sp³-hybridized carbons (Fsp3) is 0.438. The lowest BCUT2D eigenvalue weighted by molar-refractivity contribution is -0.133. The Balaban J connectivity index is 0.00000582. The van der Waals surface area contributed by atoms with Crippen LogP contribution in [-0.4, -0.2) is 94.4 Å². The van der Waals surface area contributed by atoms with Gasteiger partial charge in [0.1, 0.15) is 24.1 Å². The number of ether oxygens (including phenoxy) is 1. The molecular weight excluding hydrogens is 1160 g/mol. The zero-order valence-corrected chi connectivity index (χ0v) is 55.6. The summed E-state index contributed by atoms with van der Waals surface area (Å²) in [4.78, 5) is 90.0. The van der Waals surface area contributed by atoms with Gasteiger partial charge < -0.3 is 45.8 Å². The Kier molecular flexibility index (Phi) is 26.6. The summed E-state index contributed by atoms with van der Waals surface area (Å²) in [5, 5.41) is 29.5. The average Bonchev–Trinajstić information content (AvgIpc) is 1.72. The van der Waals surface area contributed by atoms with Gasteiger partial charge in [0, 0.05) is 42.6 Å². The van der Waals surface area contributed by atoms with Crippen LogP contribution < -0.4 is 42.6 Å². The van der Waals surface area contributed by atoms with E-state index in [2.05, 4.69) is 106 Å². The van der Waals surface area contributed by atoms with Gasteiger partial charge in [-0.3, -0.25) is 28.5 Å². The SMILES string of the molecule is CC.CC(C)C[C@H](NC(=O)[C@@H](NC(=O)[C@H](Cc1c[nH]c2ccccc12)NC(=O)CCCCCCC(=O)Nc1ccn([C@H]2CC[C@@H](CO[Si](c3ccccc3)(c3ccccc3)C(C)(C)C)O2)c(=O)n1)C(C)C)[C@@H](O)CC(=O)NC(Cc1ccccc1)c1ccccc1. The monoisotopic (exact) mass is 1260 g/mol. The molecule has 1 fully saturated rings. The summed E-state index contributed by atoms with van der Waals surface area (Å²) in [6, 6.07) is 46.4. The molecule has 5 aromatic carbocycles. The van der Waals surface area contributed by atoms with Crippen LogP contribution in [-0.2, 0) is 46.0 Å². The fourth-order valence-corrected chi connectivity index (χ4v) is 16.7. The van der Waals surface area contributed by atoms with Gasteiger partial charge in [-0.15, -0.1) is 0 Å². The molecule has 1 aliphatic rings. The standard InChI is InChI=1S/C71H90N8O9Si.C2H6/c1-48(2)42-59(61(80)45-65(83)73-58(51-28-16-11-17-29-51)43-50-26-14-10-15-27-50)75-69(85)67(49(3)4)78-68(84)60(44-52-46-72-57-35-25-24-34-56(52)57)74-63(81)36-22-8-9-23-37-64(82)76-62-40-41-79(70(86)77-62)66-39-38-53(88-66)47-87-89(71(5,6)7,54-30-18-12-19-31-54)55-32-20-13-21-33-55;1-2/h10-21,24-35,40-41,46,48-49,53,58-61,66-67,72,80H,8-9,22-23,36-39,42-45,47H2,1-7H3,(H,73,83)(H,74,81)(H,75,85)(H,78,84)(H,76,77,82,86);1-2H3/t53-,58?,59-,60-,61-,66+,67-;/m0./s1. The van der Waals surface area contributed by atoms with E-state index < -0.39 is 62.2 Å². The van der Waals surface area contributed by atoms with Crippen molar-refractivity contribution in [3.63, 3.8) is 0 Å². The predicted octanol–water partition coefficient (Wildman–Crippen LogP) is 10.5. The topological polar surface area (TPSA) is 235 Å². The molecule has 8 rings (SSSR count). The summed E-state index contributed by atoms with van der Waals surface area (Å²) in [6.45, 7) is 18.6. The van der Waals surface area contributed by atoms with Crippen LogP contribution in [0.5, 0.6) is 0 Å². The Morgan fingerprint density at radius 1 is 0.692 bits per heavy atom. The van der Waals surface area contributed by atoms with Gasteiger partial charge in [-0.1, -0.05) is 215 Å². The maximum absolute atomic E-state index is 14.4. The number of amides is 5. The zero-order chi connectivity index (χ0) is 65.5. The highest BCUT2D eigenvalue weighted by Gasteiger charge is 2.51. The molecule has 7 atom stereocenters. The summed E-state index contributed by atoms with van der Waals surface area (Å²) in [5.41, 5.74) is 3.12. The first-order chi connectivity index (χ1) is 43.8. The van der Waals surface area contributed by atoms with Crippen molar-refractivity contribution in [2.24, 2.45) is 11.8 Å². The Labute approximate surface area is 538 Å². The third-order valence-corrected chi connectivity index (χ3v) is 21.7. The number of anilines is 1. The van der Waals surface area contributed by atoms with E-state index in [4.69, 9.17) is 9.16 Å². The highest BCUT2D eigenvalue weighted by molar-refractivity contribution is 6.99. The highest BCUT2D eigenvalue weighted by Crippen LogP contribution is 2.38. The van der Waals surface area contributed by atoms with Crippen LogP contribution in [0.3, 0.4) is 0 Å². The van der Waals surface area contributed by atoms with Crippen molar-refractivity contribution < 1.29 is 38.2 Å². The molecule has 0 bridgehead atoms. The molecule has 1 unspecified atom stereocenters. The van der Waals surface area contributed by atoms with Crippen LogP contribution in [0.25, 0.3) is 10.9 Å².